The molecule has 2 atom stereocenters. The summed E-state index contributed by atoms with van der Waals surface area (Å²) in [5.74, 6) is -0.341. The Labute approximate surface area is 99.5 Å². The topological polar surface area (TPSA) is 52.3 Å². The minimum absolute atomic E-state index is 0.106. The SMILES string of the molecule is COC(=O)[C@H]1Cc2cc(Cl)ccc2[C@H](N)C1. The third kappa shape index (κ3) is 2.06. The van der Waals surface area contributed by atoms with Crippen LogP contribution in [0.3, 0.4) is 0 Å². The van der Waals surface area contributed by atoms with Gasteiger partial charge in [-0.15, -0.1) is 0 Å². The van der Waals surface area contributed by atoms with Gasteiger partial charge in [-0.3, -0.25) is 4.79 Å². The normalized spacial score (nSPS) is 23.7. The van der Waals surface area contributed by atoms with E-state index < -0.39 is 0 Å². The lowest BCUT2D eigenvalue weighted by molar-refractivity contribution is -0.146. The van der Waals surface area contributed by atoms with Crippen molar-refractivity contribution in [3.8, 4) is 0 Å². The van der Waals surface area contributed by atoms with Gasteiger partial charge in [-0.05, 0) is 36.1 Å². The third-order valence-electron chi connectivity index (χ3n) is 3.04. The molecule has 3 nitrogen and oxygen atoms in total. The van der Waals surface area contributed by atoms with Crippen LogP contribution in [0.15, 0.2) is 18.2 Å². The Morgan fingerprint density at radius 2 is 2.31 bits per heavy atom. The van der Waals surface area contributed by atoms with Gasteiger partial charge in [-0.25, -0.2) is 0 Å². The number of halogens is 1. The molecule has 0 amide bonds. The summed E-state index contributed by atoms with van der Waals surface area (Å²) in [5.41, 5.74) is 8.17. The van der Waals surface area contributed by atoms with Gasteiger partial charge in [0.2, 0.25) is 0 Å². The second kappa shape index (κ2) is 4.44. The van der Waals surface area contributed by atoms with Crippen molar-refractivity contribution in [1.82, 2.24) is 0 Å². The van der Waals surface area contributed by atoms with Crippen molar-refractivity contribution >= 4 is 17.6 Å². The molecular formula is C12H14ClNO2. The minimum Gasteiger partial charge on any atom is -0.469 e. The summed E-state index contributed by atoms with van der Waals surface area (Å²) in [6.07, 6.45) is 1.30. The molecule has 1 aliphatic carbocycles. The second-order valence-electron chi connectivity index (χ2n) is 4.11. The zero-order chi connectivity index (χ0) is 11.7. The van der Waals surface area contributed by atoms with Crippen LogP contribution >= 0.6 is 11.6 Å². The quantitative estimate of drug-likeness (QED) is 0.764. The molecule has 2 N–H and O–H groups in total. The molecule has 2 rings (SSSR count). The average molecular weight is 240 g/mol. The molecular weight excluding hydrogens is 226 g/mol. The van der Waals surface area contributed by atoms with Gasteiger partial charge in [0.1, 0.15) is 0 Å². The van der Waals surface area contributed by atoms with Crippen molar-refractivity contribution < 1.29 is 9.53 Å². The zero-order valence-corrected chi connectivity index (χ0v) is 9.83. The van der Waals surface area contributed by atoms with E-state index in [1.165, 1.54) is 7.11 Å². The van der Waals surface area contributed by atoms with E-state index in [1.807, 2.05) is 18.2 Å². The molecule has 86 valence electrons. The van der Waals surface area contributed by atoms with Crippen LogP contribution < -0.4 is 5.73 Å². The van der Waals surface area contributed by atoms with E-state index in [-0.39, 0.29) is 17.9 Å². The first kappa shape index (κ1) is 11.4. The van der Waals surface area contributed by atoms with Crippen LogP contribution in [-0.4, -0.2) is 13.1 Å². The molecule has 1 aromatic rings. The number of methoxy groups -OCH3 is 1. The Balaban J connectivity index is 2.31. The van der Waals surface area contributed by atoms with Crippen LogP contribution in [0, 0.1) is 5.92 Å². The van der Waals surface area contributed by atoms with E-state index in [2.05, 4.69) is 0 Å². The van der Waals surface area contributed by atoms with Gasteiger partial charge in [0, 0.05) is 11.1 Å². The summed E-state index contributed by atoms with van der Waals surface area (Å²) >= 11 is 5.93. The predicted molar refractivity (Wildman–Crippen MR) is 62.2 cm³/mol. The third-order valence-corrected chi connectivity index (χ3v) is 3.28. The summed E-state index contributed by atoms with van der Waals surface area (Å²) in [6.45, 7) is 0. The van der Waals surface area contributed by atoms with Crippen LogP contribution in [-0.2, 0) is 16.0 Å². The van der Waals surface area contributed by atoms with Crippen LogP contribution in [0.5, 0.6) is 0 Å². The van der Waals surface area contributed by atoms with Crippen molar-refractivity contribution in [2.24, 2.45) is 11.7 Å². The molecule has 0 bridgehead atoms. The number of carbonyl (C=O) groups excluding carboxylic acids is 1. The van der Waals surface area contributed by atoms with Gasteiger partial charge in [0.25, 0.3) is 0 Å². The number of carbonyl (C=O) groups is 1. The summed E-state index contributed by atoms with van der Waals surface area (Å²) in [6, 6.07) is 5.55. The molecule has 1 aromatic carbocycles. The number of hydrogen-bond acceptors (Lipinski definition) is 3. The maximum atomic E-state index is 11.5. The van der Waals surface area contributed by atoms with Gasteiger partial charge in [-0.1, -0.05) is 17.7 Å². The number of rotatable bonds is 1. The Morgan fingerprint density at radius 3 is 3.00 bits per heavy atom. The standard InChI is InChI=1S/C12H14ClNO2/c1-16-12(15)8-4-7-5-9(13)2-3-10(7)11(14)6-8/h2-3,5,8,11H,4,6,14H2,1H3/t8-,11+/m0/s1. The highest BCUT2D eigenvalue weighted by Crippen LogP contribution is 2.33. The number of hydrogen-bond donors (Lipinski definition) is 1. The summed E-state index contributed by atoms with van der Waals surface area (Å²) in [4.78, 5) is 11.5. The highest BCUT2D eigenvalue weighted by molar-refractivity contribution is 6.30. The van der Waals surface area contributed by atoms with Gasteiger partial charge in [0.15, 0.2) is 0 Å². The van der Waals surface area contributed by atoms with Gasteiger partial charge >= 0.3 is 5.97 Å². The first-order valence-electron chi connectivity index (χ1n) is 5.23. The molecule has 16 heavy (non-hydrogen) atoms. The van der Waals surface area contributed by atoms with Gasteiger partial charge < -0.3 is 10.5 Å². The van der Waals surface area contributed by atoms with E-state index in [0.29, 0.717) is 17.9 Å². The number of ether oxygens (including phenoxy) is 1. The smallest absolute Gasteiger partial charge is 0.309 e. The Kier molecular flexibility index (Phi) is 3.17. The summed E-state index contributed by atoms with van der Waals surface area (Å²) < 4.78 is 4.76. The summed E-state index contributed by atoms with van der Waals surface area (Å²) in [7, 11) is 1.40. The van der Waals surface area contributed by atoms with Crippen LogP contribution in [0.25, 0.3) is 0 Å². The molecule has 0 heterocycles. The Hall–Kier alpha value is -1.06. The maximum Gasteiger partial charge on any atom is 0.309 e. The van der Waals surface area contributed by atoms with E-state index in [9.17, 15) is 4.79 Å². The lowest BCUT2D eigenvalue weighted by atomic mass is 9.81. The molecule has 1 aliphatic rings. The van der Waals surface area contributed by atoms with Gasteiger partial charge in [-0.2, -0.15) is 0 Å². The van der Waals surface area contributed by atoms with E-state index in [0.717, 1.165) is 11.1 Å². The fourth-order valence-corrected chi connectivity index (χ4v) is 2.44. The second-order valence-corrected chi connectivity index (χ2v) is 4.55. The lowest BCUT2D eigenvalue weighted by Gasteiger charge is -2.27. The highest BCUT2D eigenvalue weighted by atomic mass is 35.5. The molecule has 0 spiro atoms. The molecule has 0 aliphatic heterocycles. The van der Waals surface area contributed by atoms with Crippen LogP contribution in [0.1, 0.15) is 23.6 Å². The molecule has 0 fully saturated rings. The van der Waals surface area contributed by atoms with Crippen LogP contribution in [0.2, 0.25) is 5.02 Å². The van der Waals surface area contributed by atoms with Crippen molar-refractivity contribution in [2.45, 2.75) is 18.9 Å². The molecule has 0 saturated heterocycles. The first-order valence-corrected chi connectivity index (χ1v) is 5.61. The largest absolute Gasteiger partial charge is 0.469 e. The Morgan fingerprint density at radius 1 is 1.56 bits per heavy atom. The monoisotopic (exact) mass is 239 g/mol. The number of nitrogens with two attached hydrogens (primary N) is 1. The van der Waals surface area contributed by atoms with Crippen molar-refractivity contribution in [1.29, 1.82) is 0 Å². The molecule has 0 aromatic heterocycles. The van der Waals surface area contributed by atoms with E-state index >= 15 is 0 Å². The summed E-state index contributed by atoms with van der Waals surface area (Å²) in [5, 5.41) is 0.677. The number of fused-ring (bicyclic) bond motifs is 1. The molecule has 0 unspecified atom stereocenters. The predicted octanol–water partition coefficient (Wildman–Crippen LogP) is 2.08. The average Bonchev–Trinajstić information content (AvgIpc) is 2.27. The van der Waals surface area contributed by atoms with Crippen molar-refractivity contribution in [3.05, 3.63) is 34.3 Å². The first-order chi connectivity index (χ1) is 7.61. The highest BCUT2D eigenvalue weighted by Gasteiger charge is 2.29. The van der Waals surface area contributed by atoms with Crippen molar-refractivity contribution in [3.63, 3.8) is 0 Å². The lowest BCUT2D eigenvalue weighted by Crippen LogP contribution is -2.29. The number of benzene rings is 1. The van der Waals surface area contributed by atoms with Crippen molar-refractivity contribution in [2.75, 3.05) is 7.11 Å². The molecule has 0 saturated carbocycles. The van der Waals surface area contributed by atoms with Crippen LogP contribution in [0.4, 0.5) is 0 Å². The zero-order valence-electron chi connectivity index (χ0n) is 9.07. The minimum atomic E-state index is -0.193. The fourth-order valence-electron chi connectivity index (χ4n) is 2.24. The van der Waals surface area contributed by atoms with E-state index in [4.69, 9.17) is 22.1 Å². The van der Waals surface area contributed by atoms with E-state index in [1.54, 1.807) is 0 Å². The molecule has 0 radical (unpaired) electrons. The Bertz CT molecular complexity index is 419. The van der Waals surface area contributed by atoms with Gasteiger partial charge in [0.05, 0.1) is 13.0 Å². The fraction of sp³-hybridized carbons (Fsp3) is 0.417. The maximum absolute atomic E-state index is 11.5. The molecule has 4 heteroatoms. The number of esters is 1.